The van der Waals surface area contributed by atoms with Crippen LogP contribution in [0.15, 0.2) is 0 Å². The van der Waals surface area contributed by atoms with Gasteiger partial charge in [0, 0.05) is 17.5 Å². The predicted octanol–water partition coefficient (Wildman–Crippen LogP) is 2.73. The molecule has 0 bridgehead atoms. The summed E-state index contributed by atoms with van der Waals surface area (Å²) in [4.78, 5) is 8.61. The summed E-state index contributed by atoms with van der Waals surface area (Å²) in [6.45, 7) is 6.57. The largest absolute Gasteiger partial charge is 0.345 e. The molecule has 0 saturated carbocycles. The molecule has 0 aliphatic carbocycles. The quantitative estimate of drug-likeness (QED) is 0.894. The van der Waals surface area contributed by atoms with Crippen LogP contribution in [0, 0.1) is 13.8 Å². The number of hydrogen-bond acceptors (Lipinski definition) is 4. The molecule has 1 fully saturated rings. The van der Waals surface area contributed by atoms with E-state index >= 15 is 0 Å². The molecule has 2 heterocycles. The molecule has 0 spiro atoms. The maximum Gasteiger partial charge on any atom is 0.186 e. The first-order chi connectivity index (χ1) is 8.22. The molecule has 1 aliphatic heterocycles. The van der Waals surface area contributed by atoms with Crippen molar-refractivity contribution >= 4 is 16.5 Å². The second-order valence-corrected chi connectivity index (χ2v) is 6.05. The Kier molecular flexibility index (Phi) is 4.40. The van der Waals surface area contributed by atoms with E-state index in [1.807, 2.05) is 18.4 Å². The fourth-order valence-corrected chi connectivity index (χ4v) is 3.45. The summed E-state index contributed by atoms with van der Waals surface area (Å²) in [6.07, 6.45) is 5.23. The van der Waals surface area contributed by atoms with Crippen molar-refractivity contribution in [2.45, 2.75) is 45.6 Å². The Labute approximate surface area is 108 Å². The Balaban J connectivity index is 2.09. The van der Waals surface area contributed by atoms with Gasteiger partial charge in [-0.05, 0) is 53.1 Å². The first-order valence-electron chi connectivity index (χ1n) is 6.57. The molecule has 4 heteroatoms. The molecule has 1 aromatic heterocycles. The van der Waals surface area contributed by atoms with E-state index in [4.69, 9.17) is 4.98 Å². The number of thiazole rings is 1. The van der Waals surface area contributed by atoms with Crippen LogP contribution in [0.25, 0.3) is 0 Å². The van der Waals surface area contributed by atoms with Crippen molar-refractivity contribution in [3.63, 3.8) is 0 Å². The van der Waals surface area contributed by atoms with Crippen molar-refractivity contribution in [3.05, 3.63) is 10.6 Å². The Hall–Kier alpha value is -0.610. The SMILES string of the molecule is CNCCC1CCCCN1c1nc(C)c(C)s1. The monoisotopic (exact) mass is 253 g/mol. The molecular weight excluding hydrogens is 230 g/mol. The highest BCUT2D eigenvalue weighted by Gasteiger charge is 2.24. The van der Waals surface area contributed by atoms with Crippen molar-refractivity contribution in [2.24, 2.45) is 0 Å². The Bertz CT molecular complexity index is 342. The van der Waals surface area contributed by atoms with Crippen molar-refractivity contribution in [1.82, 2.24) is 10.3 Å². The normalized spacial score (nSPS) is 20.9. The fourth-order valence-electron chi connectivity index (χ4n) is 2.44. The number of nitrogens with one attached hydrogen (secondary N) is 1. The summed E-state index contributed by atoms with van der Waals surface area (Å²) in [5.74, 6) is 0. The molecule has 17 heavy (non-hydrogen) atoms. The topological polar surface area (TPSA) is 28.2 Å². The molecule has 2 rings (SSSR count). The molecule has 1 N–H and O–H groups in total. The number of aromatic nitrogens is 1. The van der Waals surface area contributed by atoms with E-state index in [1.54, 1.807) is 0 Å². The molecule has 0 aromatic carbocycles. The molecule has 96 valence electrons. The van der Waals surface area contributed by atoms with Gasteiger partial charge in [0.15, 0.2) is 5.13 Å². The fraction of sp³-hybridized carbons (Fsp3) is 0.769. The lowest BCUT2D eigenvalue weighted by molar-refractivity contribution is 0.433. The summed E-state index contributed by atoms with van der Waals surface area (Å²) in [6, 6.07) is 0.682. The first-order valence-corrected chi connectivity index (χ1v) is 7.39. The minimum atomic E-state index is 0.682. The van der Waals surface area contributed by atoms with Crippen molar-refractivity contribution in [1.29, 1.82) is 0 Å². The highest BCUT2D eigenvalue weighted by Crippen LogP contribution is 2.31. The molecule has 1 atom stereocenters. The molecular formula is C13H23N3S. The van der Waals surface area contributed by atoms with Gasteiger partial charge in [-0.3, -0.25) is 0 Å². The minimum Gasteiger partial charge on any atom is -0.345 e. The summed E-state index contributed by atoms with van der Waals surface area (Å²) in [5.41, 5.74) is 1.20. The highest BCUT2D eigenvalue weighted by atomic mass is 32.1. The van der Waals surface area contributed by atoms with Gasteiger partial charge < -0.3 is 10.2 Å². The number of nitrogens with zero attached hydrogens (tertiary/aromatic N) is 2. The average Bonchev–Trinajstić information content (AvgIpc) is 2.67. The van der Waals surface area contributed by atoms with Crippen LogP contribution >= 0.6 is 11.3 Å². The lowest BCUT2D eigenvalue weighted by atomic mass is 10.00. The molecule has 1 aromatic rings. The van der Waals surface area contributed by atoms with Crippen LogP contribution in [0.4, 0.5) is 5.13 Å². The Morgan fingerprint density at radius 1 is 1.41 bits per heavy atom. The van der Waals surface area contributed by atoms with Crippen molar-refractivity contribution in [2.75, 3.05) is 25.0 Å². The maximum atomic E-state index is 4.72. The number of aryl methyl sites for hydroxylation is 2. The summed E-state index contributed by atoms with van der Waals surface area (Å²) in [7, 11) is 2.03. The van der Waals surface area contributed by atoms with E-state index in [-0.39, 0.29) is 0 Å². The van der Waals surface area contributed by atoms with Crippen molar-refractivity contribution in [3.8, 4) is 0 Å². The van der Waals surface area contributed by atoms with Gasteiger partial charge >= 0.3 is 0 Å². The number of anilines is 1. The number of piperidine rings is 1. The lowest BCUT2D eigenvalue weighted by Gasteiger charge is -2.35. The van der Waals surface area contributed by atoms with E-state index in [1.165, 1.54) is 47.9 Å². The third-order valence-electron chi connectivity index (χ3n) is 3.62. The van der Waals surface area contributed by atoms with Crippen molar-refractivity contribution < 1.29 is 0 Å². The second-order valence-electron chi connectivity index (χ2n) is 4.87. The smallest absolute Gasteiger partial charge is 0.186 e. The molecule has 0 radical (unpaired) electrons. The maximum absolute atomic E-state index is 4.72. The van der Waals surface area contributed by atoms with Crippen LogP contribution < -0.4 is 10.2 Å². The van der Waals surface area contributed by atoms with Crippen LogP contribution in [0.5, 0.6) is 0 Å². The lowest BCUT2D eigenvalue weighted by Crippen LogP contribution is -2.41. The van der Waals surface area contributed by atoms with Gasteiger partial charge in [-0.25, -0.2) is 4.98 Å². The summed E-state index contributed by atoms with van der Waals surface area (Å²) >= 11 is 1.85. The van der Waals surface area contributed by atoms with Gasteiger partial charge in [-0.1, -0.05) is 0 Å². The number of rotatable bonds is 4. The number of hydrogen-bond donors (Lipinski definition) is 1. The van der Waals surface area contributed by atoms with Crippen LogP contribution in [0.1, 0.15) is 36.3 Å². The minimum absolute atomic E-state index is 0.682. The molecule has 0 amide bonds. The molecule has 1 unspecified atom stereocenters. The zero-order valence-corrected chi connectivity index (χ0v) is 11.9. The molecule has 1 aliphatic rings. The van der Waals surface area contributed by atoms with Crippen LogP contribution in [0.3, 0.4) is 0 Å². The Morgan fingerprint density at radius 3 is 2.88 bits per heavy atom. The van der Waals surface area contributed by atoms with E-state index in [2.05, 4.69) is 24.1 Å². The highest BCUT2D eigenvalue weighted by molar-refractivity contribution is 7.15. The van der Waals surface area contributed by atoms with Gasteiger partial charge in [-0.2, -0.15) is 0 Å². The summed E-state index contributed by atoms with van der Waals surface area (Å²) in [5, 5.41) is 4.50. The zero-order valence-electron chi connectivity index (χ0n) is 11.1. The molecule has 1 saturated heterocycles. The van der Waals surface area contributed by atoms with Crippen LogP contribution in [-0.2, 0) is 0 Å². The van der Waals surface area contributed by atoms with Gasteiger partial charge in [0.2, 0.25) is 0 Å². The zero-order chi connectivity index (χ0) is 12.3. The predicted molar refractivity (Wildman–Crippen MR) is 75.1 cm³/mol. The van der Waals surface area contributed by atoms with Crippen LogP contribution in [-0.4, -0.2) is 31.2 Å². The summed E-state index contributed by atoms with van der Waals surface area (Å²) < 4.78 is 0. The third kappa shape index (κ3) is 2.99. The van der Waals surface area contributed by atoms with Gasteiger partial charge in [0.1, 0.15) is 0 Å². The standard InChI is InChI=1S/C13H23N3S/c1-10-11(2)17-13(15-10)16-9-5-4-6-12(16)7-8-14-3/h12,14H,4-9H2,1-3H3. The van der Waals surface area contributed by atoms with E-state index in [0.717, 1.165) is 6.54 Å². The van der Waals surface area contributed by atoms with Crippen LogP contribution in [0.2, 0.25) is 0 Å². The third-order valence-corrected chi connectivity index (χ3v) is 4.73. The van der Waals surface area contributed by atoms with E-state index in [0.29, 0.717) is 6.04 Å². The van der Waals surface area contributed by atoms with Gasteiger partial charge in [-0.15, -0.1) is 11.3 Å². The molecule has 3 nitrogen and oxygen atoms in total. The van der Waals surface area contributed by atoms with E-state index < -0.39 is 0 Å². The van der Waals surface area contributed by atoms with Gasteiger partial charge in [0.05, 0.1) is 5.69 Å². The van der Waals surface area contributed by atoms with E-state index in [9.17, 15) is 0 Å². The first kappa shape index (κ1) is 12.8. The average molecular weight is 253 g/mol. The van der Waals surface area contributed by atoms with Gasteiger partial charge in [0.25, 0.3) is 0 Å². The second kappa shape index (κ2) is 5.83. The Morgan fingerprint density at radius 2 is 2.24 bits per heavy atom.